The number of hydrogen-bond acceptors (Lipinski definition) is 4. The number of nitrogens with zero attached hydrogens (tertiary/aromatic N) is 2. The van der Waals surface area contributed by atoms with Gasteiger partial charge in [0.05, 0.1) is 11.2 Å². The first-order chi connectivity index (χ1) is 13.2. The van der Waals surface area contributed by atoms with Crippen LogP contribution in [-0.2, 0) is 0 Å². The van der Waals surface area contributed by atoms with E-state index < -0.39 is 17.2 Å². The number of hydrogen-bond donors (Lipinski definition) is 2. The monoisotopic (exact) mass is 387 g/mol. The van der Waals surface area contributed by atoms with Crippen LogP contribution in [-0.4, -0.2) is 41.3 Å². The molecule has 28 heavy (non-hydrogen) atoms. The number of nitrogens with one attached hydrogen (secondary N) is 1. The molecule has 2 aromatic rings. The van der Waals surface area contributed by atoms with Gasteiger partial charge in [0.1, 0.15) is 11.4 Å². The fourth-order valence-corrected chi connectivity index (χ4v) is 4.18. The summed E-state index contributed by atoms with van der Waals surface area (Å²) in [6.45, 7) is 5.78. The van der Waals surface area contributed by atoms with Crippen molar-refractivity contribution in [2.45, 2.75) is 44.7 Å². The number of aromatic carboxylic acids is 1. The van der Waals surface area contributed by atoms with Crippen molar-refractivity contribution in [1.82, 2.24) is 9.88 Å². The van der Waals surface area contributed by atoms with Gasteiger partial charge >= 0.3 is 5.97 Å². The second-order valence-corrected chi connectivity index (χ2v) is 8.54. The van der Waals surface area contributed by atoms with Crippen LogP contribution in [0.3, 0.4) is 0 Å². The van der Waals surface area contributed by atoms with E-state index in [9.17, 15) is 19.1 Å². The number of benzene rings is 1. The summed E-state index contributed by atoms with van der Waals surface area (Å²) in [5.74, 6) is -1.37. The van der Waals surface area contributed by atoms with Gasteiger partial charge in [-0.25, -0.2) is 9.18 Å². The first-order valence-electron chi connectivity index (χ1n) is 9.78. The molecule has 2 aliphatic rings. The SMILES string of the molecule is CNC(C)(C)[C@@H]1CCN(c2cc3c(cc2F)c(=O)c(C(=O)O)cn3C2CC2)C1. The number of anilines is 1. The lowest BCUT2D eigenvalue weighted by Crippen LogP contribution is -2.45. The minimum atomic E-state index is -1.28. The molecule has 0 spiro atoms. The van der Waals surface area contributed by atoms with E-state index in [0.29, 0.717) is 17.1 Å². The summed E-state index contributed by atoms with van der Waals surface area (Å²) in [6.07, 6.45) is 4.25. The van der Waals surface area contributed by atoms with Crippen LogP contribution in [0.1, 0.15) is 49.5 Å². The Morgan fingerprint density at radius 2 is 2.00 bits per heavy atom. The number of rotatable bonds is 5. The smallest absolute Gasteiger partial charge is 0.341 e. The average molecular weight is 387 g/mol. The number of carboxylic acids is 1. The van der Waals surface area contributed by atoms with E-state index >= 15 is 0 Å². The van der Waals surface area contributed by atoms with Crippen molar-refractivity contribution in [3.8, 4) is 0 Å². The van der Waals surface area contributed by atoms with E-state index in [1.807, 2.05) is 16.5 Å². The Morgan fingerprint density at radius 3 is 2.61 bits per heavy atom. The van der Waals surface area contributed by atoms with Gasteiger partial charge in [0.25, 0.3) is 0 Å². The van der Waals surface area contributed by atoms with Crippen molar-refractivity contribution in [1.29, 1.82) is 0 Å². The summed E-state index contributed by atoms with van der Waals surface area (Å²) in [5, 5.41) is 12.8. The third-order valence-electron chi connectivity index (χ3n) is 6.47. The molecule has 1 aromatic carbocycles. The molecular formula is C21H26FN3O3. The summed E-state index contributed by atoms with van der Waals surface area (Å²) < 4.78 is 16.8. The average Bonchev–Trinajstić information content (AvgIpc) is 3.37. The van der Waals surface area contributed by atoms with Crippen molar-refractivity contribution in [2.75, 3.05) is 25.0 Å². The van der Waals surface area contributed by atoms with Crippen LogP contribution < -0.4 is 15.6 Å². The minimum absolute atomic E-state index is 0.0470. The van der Waals surface area contributed by atoms with Crippen LogP contribution >= 0.6 is 0 Å². The largest absolute Gasteiger partial charge is 0.477 e. The maximum Gasteiger partial charge on any atom is 0.341 e. The molecule has 1 aromatic heterocycles. The lowest BCUT2D eigenvalue weighted by atomic mass is 9.87. The summed E-state index contributed by atoms with van der Waals surface area (Å²) in [7, 11) is 1.94. The maximum atomic E-state index is 15.0. The summed E-state index contributed by atoms with van der Waals surface area (Å²) in [5.41, 5.74) is 0.127. The van der Waals surface area contributed by atoms with E-state index in [2.05, 4.69) is 19.2 Å². The van der Waals surface area contributed by atoms with Gasteiger partial charge in [-0.2, -0.15) is 0 Å². The quantitative estimate of drug-likeness (QED) is 0.825. The van der Waals surface area contributed by atoms with Crippen LogP contribution in [0.4, 0.5) is 10.1 Å². The fraction of sp³-hybridized carbons (Fsp3) is 0.524. The van der Waals surface area contributed by atoms with Crippen molar-refractivity contribution >= 4 is 22.6 Å². The van der Waals surface area contributed by atoms with E-state index in [1.165, 1.54) is 12.3 Å². The molecule has 1 aliphatic carbocycles. The van der Waals surface area contributed by atoms with Gasteiger partial charge in [0.2, 0.25) is 5.43 Å². The van der Waals surface area contributed by atoms with E-state index in [1.54, 1.807) is 6.07 Å². The van der Waals surface area contributed by atoms with Crippen molar-refractivity contribution < 1.29 is 14.3 Å². The molecule has 1 aliphatic heterocycles. The van der Waals surface area contributed by atoms with Crippen LogP contribution in [0.2, 0.25) is 0 Å². The molecule has 2 N–H and O–H groups in total. The Balaban J connectivity index is 1.81. The molecule has 0 amide bonds. The van der Waals surface area contributed by atoms with Crippen molar-refractivity contribution in [3.05, 3.63) is 39.9 Å². The van der Waals surface area contributed by atoms with E-state index in [0.717, 1.165) is 32.4 Å². The molecule has 1 saturated carbocycles. The van der Waals surface area contributed by atoms with Gasteiger partial charge in [-0.05, 0) is 58.2 Å². The zero-order chi connectivity index (χ0) is 20.2. The number of carbonyl (C=O) groups is 1. The molecule has 0 radical (unpaired) electrons. The summed E-state index contributed by atoms with van der Waals surface area (Å²) >= 11 is 0. The lowest BCUT2D eigenvalue weighted by molar-refractivity contribution is 0.0695. The highest BCUT2D eigenvalue weighted by molar-refractivity contribution is 5.93. The highest BCUT2D eigenvalue weighted by Gasteiger charge is 2.35. The van der Waals surface area contributed by atoms with Crippen LogP contribution in [0.5, 0.6) is 0 Å². The normalized spacial score (nSPS) is 20.1. The first-order valence-corrected chi connectivity index (χ1v) is 9.78. The second-order valence-electron chi connectivity index (χ2n) is 8.54. The number of aromatic nitrogens is 1. The third kappa shape index (κ3) is 3.07. The molecule has 4 rings (SSSR count). The topological polar surface area (TPSA) is 74.6 Å². The van der Waals surface area contributed by atoms with Crippen molar-refractivity contribution in [3.63, 3.8) is 0 Å². The Bertz CT molecular complexity index is 1010. The van der Waals surface area contributed by atoms with E-state index in [-0.39, 0.29) is 22.5 Å². The molecule has 2 fully saturated rings. The maximum absolute atomic E-state index is 15.0. The third-order valence-corrected chi connectivity index (χ3v) is 6.47. The second kappa shape index (κ2) is 6.58. The first kappa shape index (κ1) is 18.9. The van der Waals surface area contributed by atoms with Gasteiger partial charge in [-0.3, -0.25) is 4.79 Å². The molecule has 0 unspecified atom stereocenters. The van der Waals surface area contributed by atoms with Gasteiger partial charge in [0, 0.05) is 36.3 Å². The molecule has 150 valence electrons. The molecule has 7 heteroatoms. The van der Waals surface area contributed by atoms with E-state index in [4.69, 9.17) is 0 Å². The van der Waals surface area contributed by atoms with Gasteiger partial charge < -0.3 is 19.9 Å². The molecule has 1 atom stereocenters. The van der Waals surface area contributed by atoms with Gasteiger partial charge in [0.15, 0.2) is 0 Å². The number of pyridine rings is 1. The molecule has 0 bridgehead atoms. The minimum Gasteiger partial charge on any atom is -0.477 e. The number of carboxylic acid groups (broad SMARTS) is 1. The van der Waals surface area contributed by atoms with Crippen LogP contribution in [0.25, 0.3) is 10.9 Å². The Hall–Kier alpha value is -2.41. The molecule has 6 nitrogen and oxygen atoms in total. The molecule has 2 heterocycles. The fourth-order valence-electron chi connectivity index (χ4n) is 4.18. The Labute approximate surface area is 163 Å². The zero-order valence-corrected chi connectivity index (χ0v) is 16.5. The predicted molar refractivity (Wildman–Crippen MR) is 107 cm³/mol. The standard InChI is InChI=1S/C21H26FN3O3/c1-21(2,23-3)12-6-7-24(10-12)18-9-17-14(8-16(18)22)19(26)15(20(27)28)11-25(17)13-4-5-13/h8-9,11-13,23H,4-7,10H2,1-3H3,(H,27,28)/t12-/m1/s1. The predicted octanol–water partition coefficient (Wildman–Crippen LogP) is 3.00. The van der Waals surface area contributed by atoms with Crippen molar-refractivity contribution in [2.24, 2.45) is 5.92 Å². The Kier molecular flexibility index (Phi) is 4.45. The molecule has 1 saturated heterocycles. The number of halogens is 1. The van der Waals surface area contributed by atoms with Crippen LogP contribution in [0, 0.1) is 11.7 Å². The highest BCUT2D eigenvalue weighted by atomic mass is 19.1. The number of fused-ring (bicyclic) bond motifs is 1. The summed E-state index contributed by atoms with van der Waals surface area (Å²) in [6, 6.07) is 3.12. The van der Waals surface area contributed by atoms with Gasteiger partial charge in [-0.1, -0.05) is 0 Å². The zero-order valence-electron chi connectivity index (χ0n) is 16.5. The summed E-state index contributed by atoms with van der Waals surface area (Å²) in [4.78, 5) is 26.1. The lowest BCUT2D eigenvalue weighted by Gasteiger charge is -2.31. The highest BCUT2D eigenvalue weighted by Crippen LogP contribution is 2.39. The molecular weight excluding hydrogens is 361 g/mol. The van der Waals surface area contributed by atoms with Crippen LogP contribution in [0.15, 0.2) is 23.1 Å². The Morgan fingerprint density at radius 1 is 1.29 bits per heavy atom. The van der Waals surface area contributed by atoms with Gasteiger partial charge in [-0.15, -0.1) is 0 Å².